The Morgan fingerprint density at radius 1 is 1.17 bits per heavy atom. The van der Waals surface area contributed by atoms with E-state index in [2.05, 4.69) is 0 Å². The molecule has 32 valence electrons. The number of hydrogen-bond donors (Lipinski definition) is 0. The summed E-state index contributed by atoms with van der Waals surface area (Å²) < 4.78 is 25.3. The predicted molar refractivity (Wildman–Crippen MR) is 2.06 cm³/mol. The van der Waals surface area contributed by atoms with Gasteiger partial charge in [0.05, 0.1) is 0 Å². The number of hydrogen-bond acceptors (Lipinski definition) is 3. The molecular weight excluding hydrogens is 328 g/mol. The summed E-state index contributed by atoms with van der Waals surface area (Å²) in [5.41, 5.74) is 0. The summed E-state index contributed by atoms with van der Waals surface area (Å²) in [6.45, 7) is 0. The van der Waals surface area contributed by atoms with E-state index in [-0.39, 0.29) is 21.7 Å². The van der Waals surface area contributed by atoms with Gasteiger partial charge in [-0.3, -0.25) is 0 Å². The summed E-state index contributed by atoms with van der Waals surface area (Å²) in [4.78, 5) is 0. The first-order chi connectivity index (χ1) is 2.41. The third-order valence-electron chi connectivity index (χ3n) is 0. The third kappa shape index (κ3) is 48.9. The zero-order valence-electron chi connectivity index (χ0n) is 2.63. The Morgan fingerprint density at radius 3 is 1.17 bits per heavy atom. The molecule has 3 nitrogen and oxygen atoms in total. The molecule has 0 N–H and O–H groups in total. The van der Waals surface area contributed by atoms with Crippen LogP contribution in [0.2, 0.25) is 0 Å². The van der Waals surface area contributed by atoms with Crippen LogP contribution in [0, 0.1) is 0 Å². The Kier molecular flexibility index (Phi) is 81.7. The molecule has 0 spiro atoms. The van der Waals surface area contributed by atoms with Crippen molar-refractivity contribution in [2.24, 2.45) is 0 Å². The Morgan fingerprint density at radius 2 is 1.17 bits per heavy atom. The van der Waals surface area contributed by atoms with Crippen molar-refractivity contribution in [2.75, 3.05) is 0 Å². The first kappa shape index (κ1) is 15.6. The van der Waals surface area contributed by atoms with Gasteiger partial charge in [-0.25, -0.2) is 0 Å². The van der Waals surface area contributed by atoms with Gasteiger partial charge < -0.3 is 0 Å². The summed E-state index contributed by atoms with van der Waals surface area (Å²) >= 11 is -1.67. The molecule has 0 saturated carbocycles. The molecule has 0 unspecified atom stereocenters. The maximum Gasteiger partial charge on any atom is 0 e. The molecule has 6 heteroatoms. The minimum absolute atomic E-state index is 0. The molecule has 0 aromatic carbocycles. The summed E-state index contributed by atoms with van der Waals surface area (Å²) in [5.74, 6) is 0. The van der Waals surface area contributed by atoms with Crippen LogP contribution in [0.3, 0.4) is 0 Å². The summed E-state index contributed by atoms with van der Waals surface area (Å²) in [5, 5.41) is 0. The van der Waals surface area contributed by atoms with Crippen LogP contribution >= 0.6 is 0 Å². The molecule has 0 rings (SSSR count). The van der Waals surface area contributed by atoms with E-state index in [4.69, 9.17) is 10.0 Å². The van der Waals surface area contributed by atoms with Crippen molar-refractivity contribution in [3.05, 3.63) is 0 Å². The average Bonchev–Trinajstić information content (AvgIpc) is 1.46. The minimum atomic E-state index is -2.00. The molecule has 0 bridgehead atoms. The van der Waals surface area contributed by atoms with Crippen LogP contribution in [0.1, 0.15) is 0 Å². The molecule has 0 aliphatic carbocycles. The van der Waals surface area contributed by atoms with Crippen LogP contribution in [-0.4, -0.2) is 0 Å². The Hall–Kier alpha value is 1.52. The van der Waals surface area contributed by atoms with Crippen molar-refractivity contribution in [2.45, 2.75) is 0 Å². The Bertz CT molecular complexity index is 38.1. The van der Waals surface area contributed by atoms with Crippen LogP contribution in [0.5, 0.6) is 0 Å². The molecule has 0 amide bonds. The van der Waals surface area contributed by atoms with E-state index >= 15 is 0 Å². The zero-order chi connectivity index (χ0) is 4.71. The monoisotopic (exact) mass is 328 g/mol. The fourth-order valence-electron chi connectivity index (χ4n) is 0. The van der Waals surface area contributed by atoms with E-state index in [0.29, 0.717) is 19.8 Å². The second-order valence-corrected chi connectivity index (χ2v) is 0.344. The first-order valence-corrected chi connectivity index (χ1v) is 3.05. The quantitative estimate of drug-likeness (QED) is 0.571. The summed E-state index contributed by atoms with van der Waals surface area (Å²) in [6, 6.07) is 0. The van der Waals surface area contributed by atoms with Crippen LogP contribution in [0.4, 0.5) is 0 Å². The molecule has 0 saturated heterocycles. The second kappa shape index (κ2) is 31.3. The van der Waals surface area contributed by atoms with Gasteiger partial charge in [0.15, 0.2) is 0 Å². The first-order valence-electron chi connectivity index (χ1n) is 0.575. The van der Waals surface area contributed by atoms with Crippen molar-refractivity contribution in [1.29, 1.82) is 0 Å². The van der Waals surface area contributed by atoms with Gasteiger partial charge in [-0.1, -0.05) is 0 Å². The fraction of sp³-hybridized carbons (Fsp3) is 0. The largest absolute Gasteiger partial charge is 0 e. The van der Waals surface area contributed by atoms with Crippen LogP contribution in [0.15, 0.2) is 0 Å². The SMILES string of the molecule is [O]=[Ti]=[O].[O]=[W].[Ti]. The third-order valence-corrected chi connectivity index (χ3v) is 0. The van der Waals surface area contributed by atoms with Crippen LogP contribution in [0.25, 0.3) is 0 Å². The Labute approximate surface area is 69.9 Å². The molecular formula is O3Ti2W. The maximum absolute atomic E-state index is 8.50. The predicted octanol–water partition coefficient (Wildman–Crippen LogP) is -0.364. The van der Waals surface area contributed by atoms with Crippen molar-refractivity contribution < 1.29 is 70.6 Å². The molecule has 0 atom stereocenters. The molecule has 0 aromatic rings. The molecule has 0 aliphatic heterocycles. The van der Waals surface area contributed by atoms with Crippen molar-refractivity contribution >= 4 is 0 Å². The van der Waals surface area contributed by atoms with E-state index in [1.54, 1.807) is 0 Å². The van der Waals surface area contributed by atoms with Gasteiger partial charge >= 0.3 is 48.9 Å². The van der Waals surface area contributed by atoms with Crippen LogP contribution in [-0.2, 0) is 70.6 Å². The molecule has 0 fully saturated rings. The van der Waals surface area contributed by atoms with Crippen molar-refractivity contribution in [3.63, 3.8) is 0 Å². The van der Waals surface area contributed by atoms with E-state index in [9.17, 15) is 0 Å². The van der Waals surface area contributed by atoms with Gasteiger partial charge in [0.1, 0.15) is 0 Å². The van der Waals surface area contributed by atoms with Crippen molar-refractivity contribution in [3.8, 4) is 0 Å². The van der Waals surface area contributed by atoms with Gasteiger partial charge in [0, 0.05) is 21.7 Å². The van der Waals surface area contributed by atoms with Crippen LogP contribution < -0.4 is 0 Å². The van der Waals surface area contributed by atoms with E-state index < -0.39 is 19.1 Å². The van der Waals surface area contributed by atoms with E-state index in [1.807, 2.05) is 0 Å². The standard InChI is InChI=1S/3O.2Ti.W. The normalized spacial score (nSPS) is 2.00. The number of rotatable bonds is 0. The topological polar surface area (TPSA) is 51.2 Å². The van der Waals surface area contributed by atoms with Gasteiger partial charge in [-0.05, 0) is 0 Å². The van der Waals surface area contributed by atoms with Gasteiger partial charge in [-0.15, -0.1) is 0 Å². The van der Waals surface area contributed by atoms with Gasteiger partial charge in [-0.2, -0.15) is 0 Å². The molecule has 6 heavy (non-hydrogen) atoms. The molecule has 0 radical (unpaired) electrons. The second-order valence-electron chi connectivity index (χ2n) is 0.0833. The fourth-order valence-corrected chi connectivity index (χ4v) is 0. The maximum atomic E-state index is 8.50. The van der Waals surface area contributed by atoms with E-state index in [0.717, 1.165) is 0 Å². The molecule has 0 aliphatic rings. The molecule has 0 heterocycles. The Balaban J connectivity index is -0.0000000275. The average molecular weight is 328 g/mol. The van der Waals surface area contributed by atoms with Gasteiger partial charge in [0.2, 0.25) is 0 Å². The summed E-state index contributed by atoms with van der Waals surface area (Å²) in [7, 11) is 0. The van der Waals surface area contributed by atoms with E-state index in [1.165, 1.54) is 0 Å². The molecule has 0 aromatic heterocycles. The zero-order valence-corrected chi connectivity index (χ0v) is 8.69. The smallest absolute Gasteiger partial charge is 0 e. The van der Waals surface area contributed by atoms with Crippen molar-refractivity contribution in [1.82, 2.24) is 0 Å². The summed E-state index contributed by atoms with van der Waals surface area (Å²) in [6.07, 6.45) is 0. The minimum Gasteiger partial charge on any atom is 0 e. The van der Waals surface area contributed by atoms with Gasteiger partial charge in [0.25, 0.3) is 0 Å².